The Labute approximate surface area is 248 Å². The molecule has 0 N–H and O–H groups in total. The van der Waals surface area contributed by atoms with Gasteiger partial charge < -0.3 is 13.9 Å². The van der Waals surface area contributed by atoms with Crippen molar-refractivity contribution in [3.8, 4) is 0 Å². The van der Waals surface area contributed by atoms with Gasteiger partial charge in [0.05, 0.1) is 10.7 Å². The average molecular weight is 586 g/mol. The van der Waals surface area contributed by atoms with Crippen molar-refractivity contribution in [1.82, 2.24) is 4.98 Å². The molecule has 1 heterocycles. The number of ether oxygens (including phenoxy) is 2. The van der Waals surface area contributed by atoms with Crippen LogP contribution in [-0.2, 0) is 18.7 Å². The van der Waals surface area contributed by atoms with Crippen LogP contribution in [0.3, 0.4) is 0 Å². The molecule has 0 aliphatic rings. The molecule has 1 unspecified atom stereocenters. The van der Waals surface area contributed by atoms with Crippen LogP contribution in [0.15, 0.2) is 52.9 Å². The third kappa shape index (κ3) is 11.1. The first-order valence-electron chi connectivity index (χ1n) is 14.4. The van der Waals surface area contributed by atoms with Crippen molar-refractivity contribution in [2.45, 2.75) is 104 Å². The average Bonchev–Trinajstić information content (AvgIpc) is 3.29. The summed E-state index contributed by atoms with van der Waals surface area (Å²) in [6.07, 6.45) is 6.93. The Kier molecular flexibility index (Phi) is 13.5. The van der Waals surface area contributed by atoms with Crippen LogP contribution in [0.2, 0.25) is 18.1 Å². The largest absolute Gasteiger partial charge is 0.455 e. The predicted octanol–water partition coefficient (Wildman–Crippen LogP) is 9.32. The van der Waals surface area contributed by atoms with Crippen LogP contribution in [0.5, 0.6) is 0 Å². The fourth-order valence-electron chi connectivity index (χ4n) is 4.09. The van der Waals surface area contributed by atoms with Crippen molar-refractivity contribution >= 4 is 31.7 Å². The number of carbonyl (C=O) groups is 1. The maximum atomic E-state index is 13.2. The maximum Gasteiger partial charge on any atom is 0.340 e. The number of allylic oxidation sites excluding steroid dienone is 1. The van der Waals surface area contributed by atoms with Gasteiger partial charge in [-0.2, -0.15) is 0 Å². The number of rotatable bonds is 15. The number of thiazole rings is 1. The third-order valence-electron chi connectivity index (χ3n) is 7.81. The fraction of sp³-hybridized carbons (Fsp3) is 0.576. The summed E-state index contributed by atoms with van der Waals surface area (Å²) in [5.41, 5.74) is 3.94. The SMILES string of the molecule is CO[C@@H](C(=O)O[C@@H](C/C=C(/C)CCCC(C)CO[Si](C)(C)C(C)(C)C)/C(C)=C/c1csc(C)n1)c1ccccc1. The van der Waals surface area contributed by atoms with E-state index in [0.717, 1.165) is 47.7 Å². The van der Waals surface area contributed by atoms with Gasteiger partial charge in [-0.05, 0) is 81.3 Å². The fourth-order valence-corrected chi connectivity index (χ4v) is 5.79. The molecule has 0 saturated heterocycles. The van der Waals surface area contributed by atoms with Crippen molar-refractivity contribution in [1.29, 1.82) is 0 Å². The summed E-state index contributed by atoms with van der Waals surface area (Å²) in [5, 5.41) is 3.27. The lowest BCUT2D eigenvalue weighted by Gasteiger charge is -2.37. The molecule has 222 valence electrons. The molecule has 40 heavy (non-hydrogen) atoms. The Morgan fingerprint density at radius 3 is 2.40 bits per heavy atom. The normalized spacial score (nSPS) is 15.6. The zero-order valence-corrected chi connectivity index (χ0v) is 28.2. The van der Waals surface area contributed by atoms with E-state index in [9.17, 15) is 4.79 Å². The summed E-state index contributed by atoms with van der Waals surface area (Å²) in [7, 11) is -0.170. The van der Waals surface area contributed by atoms with Crippen molar-refractivity contribution < 1.29 is 18.7 Å². The second-order valence-corrected chi connectivity index (χ2v) is 18.4. The van der Waals surface area contributed by atoms with Crippen molar-refractivity contribution in [3.05, 3.63) is 69.2 Å². The molecule has 1 aromatic carbocycles. The Bertz CT molecular complexity index is 1120. The molecule has 3 atom stereocenters. The number of nitrogens with zero attached hydrogens (tertiary/aromatic N) is 1. The highest BCUT2D eigenvalue weighted by molar-refractivity contribution is 7.09. The smallest absolute Gasteiger partial charge is 0.340 e. The van der Waals surface area contributed by atoms with Crippen molar-refractivity contribution in [3.63, 3.8) is 0 Å². The number of aromatic nitrogens is 1. The molecule has 1 aromatic heterocycles. The van der Waals surface area contributed by atoms with E-state index in [-0.39, 0.29) is 11.0 Å². The molecule has 7 heteroatoms. The zero-order chi connectivity index (χ0) is 29.9. The van der Waals surface area contributed by atoms with Gasteiger partial charge in [0.2, 0.25) is 0 Å². The first kappa shape index (κ1) is 34.1. The van der Waals surface area contributed by atoms with Crippen molar-refractivity contribution in [2.75, 3.05) is 13.7 Å². The lowest BCUT2D eigenvalue weighted by atomic mass is 10.00. The van der Waals surface area contributed by atoms with Crippen LogP contribution in [0.1, 0.15) is 89.6 Å². The quantitative estimate of drug-likeness (QED) is 0.118. The van der Waals surface area contributed by atoms with E-state index in [0.29, 0.717) is 12.3 Å². The maximum absolute atomic E-state index is 13.2. The molecule has 0 amide bonds. The second kappa shape index (κ2) is 15.8. The van der Waals surface area contributed by atoms with Crippen LogP contribution in [0, 0.1) is 12.8 Å². The minimum Gasteiger partial charge on any atom is -0.455 e. The lowest BCUT2D eigenvalue weighted by Crippen LogP contribution is -2.41. The minimum atomic E-state index is -1.71. The zero-order valence-electron chi connectivity index (χ0n) is 26.4. The topological polar surface area (TPSA) is 57.7 Å². The molecule has 0 spiro atoms. The molecule has 0 radical (unpaired) electrons. The van der Waals surface area contributed by atoms with Crippen molar-refractivity contribution in [2.24, 2.45) is 5.92 Å². The second-order valence-electron chi connectivity index (χ2n) is 12.5. The summed E-state index contributed by atoms with van der Waals surface area (Å²) in [4.78, 5) is 17.8. The first-order chi connectivity index (χ1) is 18.7. The molecule has 0 saturated carbocycles. The minimum absolute atomic E-state index is 0.237. The number of benzene rings is 1. The van der Waals surface area contributed by atoms with E-state index in [1.165, 1.54) is 12.7 Å². The molecule has 0 aliphatic carbocycles. The number of carbonyl (C=O) groups excluding carboxylic acids is 1. The van der Waals surface area contributed by atoms with Gasteiger partial charge in [-0.1, -0.05) is 69.7 Å². The van der Waals surface area contributed by atoms with Gasteiger partial charge in [0.1, 0.15) is 6.10 Å². The van der Waals surface area contributed by atoms with E-state index < -0.39 is 20.5 Å². The van der Waals surface area contributed by atoms with Gasteiger partial charge in [0.25, 0.3) is 0 Å². The molecule has 0 bridgehead atoms. The summed E-state index contributed by atoms with van der Waals surface area (Å²) in [5.74, 6) is 0.147. The van der Waals surface area contributed by atoms with Gasteiger partial charge in [0.15, 0.2) is 14.4 Å². The number of esters is 1. The van der Waals surface area contributed by atoms with Gasteiger partial charge in [-0.25, -0.2) is 9.78 Å². The van der Waals surface area contributed by atoms with Gasteiger partial charge in [0, 0.05) is 25.5 Å². The van der Waals surface area contributed by atoms with E-state index in [1.54, 1.807) is 11.3 Å². The monoisotopic (exact) mass is 585 g/mol. The standard InChI is InChI=1S/C33H51NO4SSi/c1-24(15-14-16-25(2)22-37-40(9,10)33(5,6)7)19-20-30(26(3)21-29-23-39-27(4)34-29)38-32(35)31(36-8)28-17-12-11-13-18-28/h11-13,17-19,21,23,25,30-31H,14-16,20,22H2,1-10H3/b24-19-,26-21+/t25?,30-,31+/m0/s1. The summed E-state index contributed by atoms with van der Waals surface area (Å²) in [6.45, 7) is 20.8. The first-order valence-corrected chi connectivity index (χ1v) is 18.2. The molecule has 0 fully saturated rings. The van der Waals surface area contributed by atoms with Crippen LogP contribution >= 0.6 is 11.3 Å². The summed E-state index contributed by atoms with van der Waals surface area (Å²) >= 11 is 1.61. The Balaban J connectivity index is 2.03. The molecule has 5 nitrogen and oxygen atoms in total. The highest BCUT2D eigenvalue weighted by Crippen LogP contribution is 2.37. The molecule has 0 aliphatic heterocycles. The van der Waals surface area contributed by atoms with Gasteiger partial charge in [-0.3, -0.25) is 0 Å². The van der Waals surface area contributed by atoms with Gasteiger partial charge >= 0.3 is 5.97 Å². The van der Waals surface area contributed by atoms with Crippen LogP contribution in [0.4, 0.5) is 0 Å². The van der Waals surface area contributed by atoms with E-state index >= 15 is 0 Å². The van der Waals surface area contributed by atoms with Crippen LogP contribution in [-0.4, -0.2) is 39.1 Å². The third-order valence-corrected chi connectivity index (χ3v) is 13.1. The predicted molar refractivity (Wildman–Crippen MR) is 171 cm³/mol. The Morgan fingerprint density at radius 2 is 1.82 bits per heavy atom. The molecular weight excluding hydrogens is 535 g/mol. The van der Waals surface area contributed by atoms with E-state index in [1.807, 2.05) is 55.6 Å². The van der Waals surface area contributed by atoms with Crippen LogP contribution in [0.25, 0.3) is 6.08 Å². The number of hydrogen-bond acceptors (Lipinski definition) is 6. The highest BCUT2D eigenvalue weighted by atomic mass is 32.1. The Morgan fingerprint density at radius 1 is 1.15 bits per heavy atom. The summed E-state index contributed by atoms with van der Waals surface area (Å²) < 4.78 is 18.0. The van der Waals surface area contributed by atoms with E-state index in [2.05, 4.69) is 58.8 Å². The van der Waals surface area contributed by atoms with Crippen LogP contribution < -0.4 is 0 Å². The van der Waals surface area contributed by atoms with E-state index in [4.69, 9.17) is 13.9 Å². The molecule has 2 rings (SSSR count). The highest BCUT2D eigenvalue weighted by Gasteiger charge is 2.37. The number of hydrogen-bond donors (Lipinski definition) is 0. The number of aryl methyl sites for hydroxylation is 1. The Hall–Kier alpha value is -2.06. The summed E-state index contributed by atoms with van der Waals surface area (Å²) in [6, 6.07) is 9.48. The number of methoxy groups -OCH3 is 1. The van der Waals surface area contributed by atoms with Gasteiger partial charge in [-0.15, -0.1) is 11.3 Å². The lowest BCUT2D eigenvalue weighted by molar-refractivity contribution is -0.159. The molecule has 2 aromatic rings. The molecular formula is C33H51NO4SSi.